The molecule has 4 rings (SSSR count). The maximum atomic E-state index is 12.4. The zero-order valence-corrected chi connectivity index (χ0v) is 15.1. The summed E-state index contributed by atoms with van der Waals surface area (Å²) in [5.74, 6) is 0.661. The van der Waals surface area contributed by atoms with E-state index >= 15 is 0 Å². The number of hydrogen-bond acceptors (Lipinski definition) is 2. The van der Waals surface area contributed by atoms with Gasteiger partial charge in [0.1, 0.15) is 0 Å². The summed E-state index contributed by atoms with van der Waals surface area (Å²) >= 11 is 0. The van der Waals surface area contributed by atoms with Gasteiger partial charge < -0.3 is 9.80 Å². The van der Waals surface area contributed by atoms with Gasteiger partial charge >= 0.3 is 0 Å². The van der Waals surface area contributed by atoms with Gasteiger partial charge in [-0.2, -0.15) is 0 Å². The number of benzene rings is 2. The number of amides is 2. The topological polar surface area (TPSA) is 40.6 Å². The largest absolute Gasteiger partial charge is 0.312 e. The second kappa shape index (κ2) is 6.94. The number of anilines is 2. The molecule has 134 valence electrons. The smallest absolute Gasteiger partial charge is 0.227 e. The van der Waals surface area contributed by atoms with E-state index in [1.54, 1.807) is 6.92 Å². The molecule has 1 atom stereocenters. The Kier molecular flexibility index (Phi) is 4.49. The second-order valence-electron chi connectivity index (χ2n) is 7.35. The molecule has 0 saturated carbocycles. The number of aryl methyl sites for hydroxylation is 1. The number of hydrogen-bond donors (Lipinski definition) is 0. The average molecular weight is 348 g/mol. The lowest BCUT2D eigenvalue weighted by Gasteiger charge is -2.29. The summed E-state index contributed by atoms with van der Waals surface area (Å²) < 4.78 is 0. The normalized spacial score (nSPS) is 19.6. The SMILES string of the molecule is CC(=O)N1CCCc2cc(CC3CC(=O)N(c4ccccc4)C3)ccc21. The first-order chi connectivity index (χ1) is 12.6. The van der Waals surface area contributed by atoms with Gasteiger partial charge in [0.15, 0.2) is 0 Å². The molecule has 1 saturated heterocycles. The molecule has 0 aromatic heterocycles. The lowest BCUT2D eigenvalue weighted by atomic mass is 9.93. The summed E-state index contributed by atoms with van der Waals surface area (Å²) in [5, 5.41) is 0. The Morgan fingerprint density at radius 1 is 1.15 bits per heavy atom. The Labute approximate surface area is 154 Å². The molecule has 0 spiro atoms. The van der Waals surface area contributed by atoms with E-state index in [0.717, 1.165) is 43.7 Å². The number of carbonyl (C=O) groups is 2. The van der Waals surface area contributed by atoms with Crippen molar-refractivity contribution >= 4 is 23.2 Å². The lowest BCUT2D eigenvalue weighted by Crippen LogP contribution is -2.33. The Bertz CT molecular complexity index is 831. The van der Waals surface area contributed by atoms with Gasteiger partial charge in [0.05, 0.1) is 0 Å². The van der Waals surface area contributed by atoms with Gasteiger partial charge in [-0.15, -0.1) is 0 Å². The van der Waals surface area contributed by atoms with Crippen LogP contribution in [0.25, 0.3) is 0 Å². The minimum Gasteiger partial charge on any atom is -0.312 e. The van der Waals surface area contributed by atoms with Crippen molar-refractivity contribution in [2.75, 3.05) is 22.9 Å². The number of carbonyl (C=O) groups excluding carboxylic acids is 2. The van der Waals surface area contributed by atoms with Crippen LogP contribution >= 0.6 is 0 Å². The van der Waals surface area contributed by atoms with Crippen LogP contribution < -0.4 is 9.80 Å². The fourth-order valence-corrected chi connectivity index (χ4v) is 4.21. The van der Waals surface area contributed by atoms with Gasteiger partial charge in [-0.25, -0.2) is 0 Å². The first-order valence-electron chi connectivity index (χ1n) is 9.37. The van der Waals surface area contributed by atoms with Gasteiger partial charge in [-0.3, -0.25) is 9.59 Å². The summed E-state index contributed by atoms with van der Waals surface area (Å²) in [5.41, 5.74) is 4.57. The summed E-state index contributed by atoms with van der Waals surface area (Å²) in [6.07, 6.45) is 3.54. The molecule has 0 radical (unpaired) electrons. The Balaban J connectivity index is 1.48. The number of rotatable bonds is 3. The molecule has 2 aromatic carbocycles. The van der Waals surface area contributed by atoms with Crippen LogP contribution in [0.5, 0.6) is 0 Å². The van der Waals surface area contributed by atoms with Crippen molar-refractivity contribution in [2.45, 2.75) is 32.6 Å². The molecule has 0 N–H and O–H groups in total. The monoisotopic (exact) mass is 348 g/mol. The molecule has 1 fully saturated rings. The average Bonchev–Trinajstić information content (AvgIpc) is 3.01. The highest BCUT2D eigenvalue weighted by Gasteiger charge is 2.30. The molecule has 0 bridgehead atoms. The first-order valence-corrected chi connectivity index (χ1v) is 9.37. The third-order valence-corrected chi connectivity index (χ3v) is 5.44. The van der Waals surface area contributed by atoms with Gasteiger partial charge in [-0.05, 0) is 54.5 Å². The van der Waals surface area contributed by atoms with Crippen LogP contribution in [0.3, 0.4) is 0 Å². The van der Waals surface area contributed by atoms with Crippen molar-refractivity contribution in [3.05, 3.63) is 59.7 Å². The molecule has 2 heterocycles. The molecule has 1 unspecified atom stereocenters. The van der Waals surface area contributed by atoms with Crippen LogP contribution in [0.2, 0.25) is 0 Å². The van der Waals surface area contributed by atoms with E-state index in [4.69, 9.17) is 0 Å². The van der Waals surface area contributed by atoms with Crippen molar-refractivity contribution in [1.29, 1.82) is 0 Å². The van der Waals surface area contributed by atoms with Crippen molar-refractivity contribution in [3.63, 3.8) is 0 Å². The zero-order valence-electron chi connectivity index (χ0n) is 15.1. The predicted octanol–water partition coefficient (Wildman–Crippen LogP) is 3.58. The van der Waals surface area contributed by atoms with Crippen LogP contribution in [0.4, 0.5) is 11.4 Å². The molecule has 4 heteroatoms. The van der Waals surface area contributed by atoms with E-state index in [2.05, 4.69) is 18.2 Å². The fraction of sp³-hybridized carbons (Fsp3) is 0.364. The molecule has 2 amide bonds. The van der Waals surface area contributed by atoms with Crippen molar-refractivity contribution < 1.29 is 9.59 Å². The van der Waals surface area contributed by atoms with E-state index in [0.29, 0.717) is 12.3 Å². The van der Waals surface area contributed by atoms with E-state index < -0.39 is 0 Å². The van der Waals surface area contributed by atoms with Gasteiger partial charge in [-0.1, -0.05) is 30.3 Å². The summed E-state index contributed by atoms with van der Waals surface area (Å²) in [4.78, 5) is 28.0. The fourth-order valence-electron chi connectivity index (χ4n) is 4.21. The van der Waals surface area contributed by atoms with Crippen molar-refractivity contribution in [1.82, 2.24) is 0 Å². The molecule has 0 aliphatic carbocycles. The molecule has 4 nitrogen and oxygen atoms in total. The summed E-state index contributed by atoms with van der Waals surface area (Å²) in [6.45, 7) is 3.22. The minimum absolute atomic E-state index is 0.110. The van der Waals surface area contributed by atoms with Crippen LogP contribution in [-0.2, 0) is 22.4 Å². The van der Waals surface area contributed by atoms with Crippen molar-refractivity contribution in [2.24, 2.45) is 5.92 Å². The Hall–Kier alpha value is -2.62. The molecule has 2 aromatic rings. The lowest BCUT2D eigenvalue weighted by molar-refractivity contribution is -0.117. The molecule has 2 aliphatic heterocycles. The molecular weight excluding hydrogens is 324 g/mol. The second-order valence-corrected chi connectivity index (χ2v) is 7.35. The Morgan fingerprint density at radius 3 is 2.73 bits per heavy atom. The molecule has 2 aliphatic rings. The maximum absolute atomic E-state index is 12.4. The third-order valence-electron chi connectivity index (χ3n) is 5.44. The maximum Gasteiger partial charge on any atom is 0.227 e. The van der Waals surface area contributed by atoms with Crippen LogP contribution in [0, 0.1) is 5.92 Å². The zero-order chi connectivity index (χ0) is 18.1. The number of fused-ring (bicyclic) bond motifs is 1. The van der Waals surface area contributed by atoms with E-state index in [1.807, 2.05) is 40.1 Å². The minimum atomic E-state index is 0.110. The molecule has 26 heavy (non-hydrogen) atoms. The highest BCUT2D eigenvalue weighted by atomic mass is 16.2. The quantitative estimate of drug-likeness (QED) is 0.851. The van der Waals surface area contributed by atoms with E-state index in [-0.39, 0.29) is 11.8 Å². The van der Waals surface area contributed by atoms with Gasteiger partial charge in [0, 0.05) is 37.8 Å². The first kappa shape index (κ1) is 16.8. The summed E-state index contributed by atoms with van der Waals surface area (Å²) in [7, 11) is 0. The Morgan fingerprint density at radius 2 is 1.96 bits per heavy atom. The summed E-state index contributed by atoms with van der Waals surface area (Å²) in [6, 6.07) is 16.3. The van der Waals surface area contributed by atoms with E-state index in [1.165, 1.54) is 11.1 Å². The predicted molar refractivity (Wildman–Crippen MR) is 103 cm³/mol. The van der Waals surface area contributed by atoms with Crippen molar-refractivity contribution in [3.8, 4) is 0 Å². The van der Waals surface area contributed by atoms with Crippen LogP contribution in [-0.4, -0.2) is 24.9 Å². The number of nitrogens with zero attached hydrogens (tertiary/aromatic N) is 2. The third kappa shape index (κ3) is 3.24. The van der Waals surface area contributed by atoms with Gasteiger partial charge in [0.2, 0.25) is 11.8 Å². The highest BCUT2D eigenvalue weighted by molar-refractivity contribution is 5.95. The van der Waals surface area contributed by atoms with E-state index in [9.17, 15) is 9.59 Å². The standard InChI is InChI=1S/C22H24N2O2/c1-16(25)23-11-5-6-19-13-17(9-10-21(19)23)12-18-14-22(26)24(15-18)20-7-3-2-4-8-20/h2-4,7-10,13,18H,5-6,11-12,14-15H2,1H3. The van der Waals surface area contributed by atoms with Crippen LogP contribution in [0.1, 0.15) is 30.9 Å². The molecular formula is C22H24N2O2. The highest BCUT2D eigenvalue weighted by Crippen LogP contribution is 2.31. The van der Waals surface area contributed by atoms with Gasteiger partial charge in [0.25, 0.3) is 0 Å². The van der Waals surface area contributed by atoms with Crippen LogP contribution in [0.15, 0.2) is 48.5 Å². The number of para-hydroxylation sites is 1.